The largest absolute Gasteiger partial charge is 0.485 e. The SMILES string of the molecule is CC(N)Cc1cc2c(cc1OCc1ncnn1C)OCO2. The number of ether oxygens (including phenoxy) is 3. The molecule has 2 heterocycles. The third-order valence-corrected chi connectivity index (χ3v) is 3.26. The van der Waals surface area contributed by atoms with Gasteiger partial charge < -0.3 is 19.9 Å². The van der Waals surface area contributed by atoms with Gasteiger partial charge in [-0.2, -0.15) is 5.10 Å². The molecule has 0 amide bonds. The molecule has 0 aliphatic carbocycles. The second-order valence-corrected chi connectivity index (χ2v) is 5.08. The molecule has 0 saturated carbocycles. The lowest BCUT2D eigenvalue weighted by atomic mass is 10.1. The fraction of sp³-hybridized carbons (Fsp3) is 0.429. The summed E-state index contributed by atoms with van der Waals surface area (Å²) < 4.78 is 18.3. The zero-order chi connectivity index (χ0) is 14.8. The Labute approximate surface area is 122 Å². The van der Waals surface area contributed by atoms with Gasteiger partial charge in [-0.25, -0.2) is 4.98 Å². The fourth-order valence-corrected chi connectivity index (χ4v) is 2.20. The van der Waals surface area contributed by atoms with Crippen LogP contribution < -0.4 is 19.9 Å². The molecular weight excluding hydrogens is 272 g/mol. The molecule has 2 aromatic rings. The van der Waals surface area contributed by atoms with Gasteiger partial charge in [0.15, 0.2) is 17.3 Å². The molecule has 3 rings (SSSR count). The van der Waals surface area contributed by atoms with Gasteiger partial charge in [-0.05, 0) is 25.0 Å². The molecule has 0 radical (unpaired) electrons. The van der Waals surface area contributed by atoms with Crippen molar-refractivity contribution in [3.05, 3.63) is 29.8 Å². The fourth-order valence-electron chi connectivity index (χ4n) is 2.20. The average molecular weight is 290 g/mol. The molecule has 2 N–H and O–H groups in total. The van der Waals surface area contributed by atoms with Crippen molar-refractivity contribution in [1.29, 1.82) is 0 Å². The lowest BCUT2D eigenvalue weighted by Crippen LogP contribution is -2.18. The van der Waals surface area contributed by atoms with Gasteiger partial charge in [0.25, 0.3) is 0 Å². The van der Waals surface area contributed by atoms with Crippen LogP contribution in [0.1, 0.15) is 18.3 Å². The standard InChI is InChI=1S/C14H18N4O3/c1-9(15)3-10-4-12-13(21-8-20-12)5-11(10)19-6-14-16-7-17-18(14)2/h4-5,7,9H,3,6,8,15H2,1-2H3. The molecule has 21 heavy (non-hydrogen) atoms. The Kier molecular flexibility index (Phi) is 3.66. The molecule has 0 saturated heterocycles. The highest BCUT2D eigenvalue weighted by molar-refractivity contribution is 5.52. The van der Waals surface area contributed by atoms with Gasteiger partial charge >= 0.3 is 0 Å². The number of nitrogens with two attached hydrogens (primary N) is 1. The summed E-state index contributed by atoms with van der Waals surface area (Å²) >= 11 is 0. The molecule has 112 valence electrons. The number of fused-ring (bicyclic) bond motifs is 1. The Morgan fingerprint density at radius 3 is 2.81 bits per heavy atom. The Morgan fingerprint density at radius 2 is 2.14 bits per heavy atom. The van der Waals surface area contributed by atoms with Crippen molar-refractivity contribution in [2.24, 2.45) is 12.8 Å². The lowest BCUT2D eigenvalue weighted by Gasteiger charge is -2.14. The highest BCUT2D eigenvalue weighted by Gasteiger charge is 2.19. The number of aryl methyl sites for hydroxylation is 1. The van der Waals surface area contributed by atoms with E-state index in [9.17, 15) is 0 Å². The molecule has 7 nitrogen and oxygen atoms in total. The monoisotopic (exact) mass is 290 g/mol. The van der Waals surface area contributed by atoms with Crippen molar-refractivity contribution in [3.63, 3.8) is 0 Å². The van der Waals surface area contributed by atoms with E-state index in [1.165, 1.54) is 6.33 Å². The highest BCUT2D eigenvalue weighted by Crippen LogP contribution is 2.38. The number of benzene rings is 1. The molecular formula is C14H18N4O3. The maximum Gasteiger partial charge on any atom is 0.231 e. The predicted molar refractivity (Wildman–Crippen MR) is 75.3 cm³/mol. The van der Waals surface area contributed by atoms with Crippen molar-refractivity contribution in [2.45, 2.75) is 26.0 Å². The van der Waals surface area contributed by atoms with E-state index >= 15 is 0 Å². The second-order valence-electron chi connectivity index (χ2n) is 5.08. The first-order valence-electron chi connectivity index (χ1n) is 6.77. The van der Waals surface area contributed by atoms with Gasteiger partial charge in [0.05, 0.1) is 0 Å². The zero-order valence-corrected chi connectivity index (χ0v) is 12.1. The van der Waals surface area contributed by atoms with Gasteiger partial charge in [-0.15, -0.1) is 0 Å². The van der Waals surface area contributed by atoms with E-state index in [2.05, 4.69) is 10.1 Å². The summed E-state index contributed by atoms with van der Waals surface area (Å²) in [6, 6.07) is 3.80. The molecule has 1 aromatic carbocycles. The molecule has 0 spiro atoms. The highest BCUT2D eigenvalue weighted by atomic mass is 16.7. The summed E-state index contributed by atoms with van der Waals surface area (Å²) in [5, 5.41) is 4.02. The topological polar surface area (TPSA) is 84.4 Å². The smallest absolute Gasteiger partial charge is 0.231 e. The van der Waals surface area contributed by atoms with Gasteiger partial charge in [0.2, 0.25) is 6.79 Å². The van der Waals surface area contributed by atoms with Crippen LogP contribution in [0.2, 0.25) is 0 Å². The van der Waals surface area contributed by atoms with Crippen molar-refractivity contribution >= 4 is 0 Å². The van der Waals surface area contributed by atoms with Crippen LogP contribution in [0.3, 0.4) is 0 Å². The van der Waals surface area contributed by atoms with E-state index in [1.807, 2.05) is 26.1 Å². The minimum absolute atomic E-state index is 0.0301. The Hall–Kier alpha value is -2.28. The van der Waals surface area contributed by atoms with Crippen LogP contribution in [0.4, 0.5) is 0 Å². The minimum Gasteiger partial charge on any atom is -0.485 e. The first-order chi connectivity index (χ1) is 10.1. The quantitative estimate of drug-likeness (QED) is 0.884. The van der Waals surface area contributed by atoms with Crippen molar-refractivity contribution in [3.8, 4) is 17.2 Å². The van der Waals surface area contributed by atoms with E-state index < -0.39 is 0 Å². The maximum atomic E-state index is 5.90. The number of hydrogen-bond donors (Lipinski definition) is 1. The molecule has 0 fully saturated rings. The average Bonchev–Trinajstić information content (AvgIpc) is 3.04. The minimum atomic E-state index is 0.0301. The summed E-state index contributed by atoms with van der Waals surface area (Å²) in [5.41, 5.74) is 6.90. The van der Waals surface area contributed by atoms with Gasteiger partial charge in [0.1, 0.15) is 18.7 Å². The normalized spacial score (nSPS) is 14.2. The second kappa shape index (κ2) is 5.61. The van der Waals surface area contributed by atoms with Crippen LogP contribution in [-0.4, -0.2) is 27.6 Å². The molecule has 1 unspecified atom stereocenters. The first kappa shape index (κ1) is 13.7. The molecule has 0 bridgehead atoms. The Bertz CT molecular complexity index is 639. The number of nitrogens with zero attached hydrogens (tertiary/aromatic N) is 3. The van der Waals surface area contributed by atoms with Crippen LogP contribution in [0, 0.1) is 0 Å². The van der Waals surface area contributed by atoms with Crippen molar-refractivity contribution in [2.75, 3.05) is 6.79 Å². The summed E-state index contributed by atoms with van der Waals surface area (Å²) in [7, 11) is 1.83. The predicted octanol–water partition coefficient (Wildman–Crippen LogP) is 1.01. The van der Waals surface area contributed by atoms with Gasteiger partial charge in [-0.1, -0.05) is 0 Å². The number of aromatic nitrogens is 3. The molecule has 1 aromatic heterocycles. The summed E-state index contributed by atoms with van der Waals surface area (Å²) in [5.74, 6) is 2.91. The summed E-state index contributed by atoms with van der Waals surface area (Å²) in [6.07, 6.45) is 2.20. The molecule has 1 atom stereocenters. The van der Waals surface area contributed by atoms with Gasteiger partial charge in [-0.3, -0.25) is 4.68 Å². The summed E-state index contributed by atoms with van der Waals surface area (Å²) in [6.45, 7) is 2.53. The third-order valence-electron chi connectivity index (χ3n) is 3.26. The van der Waals surface area contributed by atoms with E-state index in [1.54, 1.807) is 4.68 Å². The van der Waals surface area contributed by atoms with Crippen molar-refractivity contribution in [1.82, 2.24) is 14.8 Å². The van der Waals surface area contributed by atoms with Crippen LogP contribution in [0.25, 0.3) is 0 Å². The summed E-state index contributed by atoms with van der Waals surface area (Å²) in [4.78, 5) is 4.14. The van der Waals surface area contributed by atoms with Crippen LogP contribution in [0.5, 0.6) is 17.2 Å². The van der Waals surface area contributed by atoms with Crippen LogP contribution in [0.15, 0.2) is 18.5 Å². The number of rotatable bonds is 5. The van der Waals surface area contributed by atoms with E-state index in [0.29, 0.717) is 18.8 Å². The lowest BCUT2D eigenvalue weighted by molar-refractivity contribution is 0.173. The maximum absolute atomic E-state index is 5.90. The third kappa shape index (κ3) is 2.92. The van der Waals surface area contributed by atoms with Crippen LogP contribution in [-0.2, 0) is 20.1 Å². The van der Waals surface area contributed by atoms with Crippen molar-refractivity contribution < 1.29 is 14.2 Å². The molecule has 1 aliphatic rings. The van der Waals surface area contributed by atoms with E-state index in [0.717, 1.165) is 22.9 Å². The van der Waals surface area contributed by atoms with E-state index in [4.69, 9.17) is 19.9 Å². The Morgan fingerprint density at radius 1 is 1.38 bits per heavy atom. The number of hydrogen-bond acceptors (Lipinski definition) is 6. The van der Waals surface area contributed by atoms with Gasteiger partial charge in [0, 0.05) is 19.2 Å². The molecule has 7 heteroatoms. The first-order valence-corrected chi connectivity index (χ1v) is 6.77. The Balaban J connectivity index is 1.83. The zero-order valence-electron chi connectivity index (χ0n) is 12.1. The van der Waals surface area contributed by atoms with Crippen LogP contribution >= 0.6 is 0 Å². The van der Waals surface area contributed by atoms with E-state index in [-0.39, 0.29) is 12.8 Å². The molecule has 1 aliphatic heterocycles.